The van der Waals surface area contributed by atoms with Crippen LogP contribution in [0.5, 0.6) is 0 Å². The second kappa shape index (κ2) is 6.41. The van der Waals surface area contributed by atoms with E-state index < -0.39 is 6.04 Å². The molecule has 0 aromatic carbocycles. The Bertz CT molecular complexity index is 444. The Kier molecular flexibility index (Phi) is 4.80. The van der Waals surface area contributed by atoms with Crippen LogP contribution in [0, 0.1) is 17.8 Å². The van der Waals surface area contributed by atoms with E-state index in [0.29, 0.717) is 25.8 Å². The van der Waals surface area contributed by atoms with E-state index in [-0.39, 0.29) is 35.5 Å². The zero-order valence-corrected chi connectivity index (χ0v) is 13.0. The monoisotopic (exact) mass is 292 g/mol. The van der Waals surface area contributed by atoms with E-state index >= 15 is 0 Å². The minimum Gasteiger partial charge on any atom is -0.355 e. The molecule has 116 valence electrons. The van der Waals surface area contributed by atoms with Crippen molar-refractivity contribution in [2.75, 3.05) is 6.54 Å². The molecule has 1 aliphatic carbocycles. The van der Waals surface area contributed by atoms with Gasteiger partial charge < -0.3 is 5.32 Å². The van der Waals surface area contributed by atoms with Crippen LogP contribution in [-0.4, -0.2) is 35.2 Å². The molecular weight excluding hydrogens is 268 g/mol. The first-order chi connectivity index (χ1) is 9.97. The summed E-state index contributed by atoms with van der Waals surface area (Å²) < 4.78 is 0. The summed E-state index contributed by atoms with van der Waals surface area (Å²) in [4.78, 5) is 38.7. The first kappa shape index (κ1) is 15.7. The second-order valence-electron chi connectivity index (χ2n) is 6.24. The molecule has 3 amide bonds. The first-order valence-electron chi connectivity index (χ1n) is 7.77. The number of carbonyl (C=O) groups is 3. The Morgan fingerprint density at radius 1 is 1.24 bits per heavy atom. The van der Waals surface area contributed by atoms with Gasteiger partial charge in [0.2, 0.25) is 17.7 Å². The molecule has 0 radical (unpaired) electrons. The number of hydrogen-bond donors (Lipinski definition) is 1. The van der Waals surface area contributed by atoms with E-state index in [4.69, 9.17) is 0 Å². The van der Waals surface area contributed by atoms with Gasteiger partial charge in [-0.25, -0.2) is 0 Å². The lowest BCUT2D eigenvalue weighted by molar-refractivity contribution is -0.148. The van der Waals surface area contributed by atoms with Gasteiger partial charge in [-0.05, 0) is 32.1 Å². The number of nitrogens with zero attached hydrogens (tertiary/aromatic N) is 1. The Hall–Kier alpha value is -1.65. The van der Waals surface area contributed by atoms with E-state index in [1.165, 1.54) is 4.90 Å². The molecule has 0 aromatic heterocycles. The number of likely N-dealkylation sites (N-methyl/N-ethyl adjacent to an activating group) is 1. The van der Waals surface area contributed by atoms with Crippen LogP contribution < -0.4 is 5.32 Å². The normalized spacial score (nSPS) is 26.2. The number of nitrogens with one attached hydrogen (secondary N) is 1. The third kappa shape index (κ3) is 3.01. The van der Waals surface area contributed by atoms with E-state index in [1.807, 2.05) is 32.9 Å². The van der Waals surface area contributed by atoms with Crippen LogP contribution >= 0.6 is 0 Å². The van der Waals surface area contributed by atoms with Crippen LogP contribution in [-0.2, 0) is 14.4 Å². The maximum atomic E-state index is 12.6. The predicted molar refractivity (Wildman–Crippen MR) is 79.1 cm³/mol. The van der Waals surface area contributed by atoms with Gasteiger partial charge in [0.1, 0.15) is 6.04 Å². The number of amides is 3. The van der Waals surface area contributed by atoms with Gasteiger partial charge in [-0.2, -0.15) is 0 Å². The summed E-state index contributed by atoms with van der Waals surface area (Å²) in [5.74, 6) is -0.880. The molecule has 0 bridgehead atoms. The summed E-state index contributed by atoms with van der Waals surface area (Å²) in [7, 11) is 0. The average molecular weight is 292 g/mol. The van der Waals surface area contributed by atoms with Crippen LogP contribution in [0.25, 0.3) is 0 Å². The number of carbonyl (C=O) groups excluding carboxylic acids is 3. The fourth-order valence-corrected chi connectivity index (χ4v) is 3.20. The minimum absolute atomic E-state index is 0.175. The van der Waals surface area contributed by atoms with Gasteiger partial charge in [0, 0.05) is 6.54 Å². The lowest BCUT2D eigenvalue weighted by Gasteiger charge is -2.27. The fraction of sp³-hybridized carbons (Fsp3) is 0.688. The smallest absolute Gasteiger partial charge is 0.243 e. The molecular formula is C16H24N2O3. The van der Waals surface area contributed by atoms with Crippen molar-refractivity contribution in [3.05, 3.63) is 12.2 Å². The summed E-state index contributed by atoms with van der Waals surface area (Å²) in [6.07, 6.45) is 5.64. The number of imide groups is 1. The summed E-state index contributed by atoms with van der Waals surface area (Å²) in [6.45, 7) is 6.32. The van der Waals surface area contributed by atoms with Gasteiger partial charge in [-0.3, -0.25) is 19.3 Å². The highest BCUT2D eigenvalue weighted by Gasteiger charge is 2.51. The van der Waals surface area contributed by atoms with Crippen molar-refractivity contribution >= 4 is 17.7 Å². The van der Waals surface area contributed by atoms with Gasteiger partial charge in [0.25, 0.3) is 0 Å². The molecule has 1 saturated heterocycles. The maximum absolute atomic E-state index is 12.6. The topological polar surface area (TPSA) is 66.5 Å². The molecule has 5 nitrogen and oxygen atoms in total. The van der Waals surface area contributed by atoms with E-state index in [0.717, 1.165) is 0 Å². The van der Waals surface area contributed by atoms with E-state index in [9.17, 15) is 14.4 Å². The Balaban J connectivity index is 2.25. The van der Waals surface area contributed by atoms with Crippen LogP contribution in [0.3, 0.4) is 0 Å². The van der Waals surface area contributed by atoms with Crippen molar-refractivity contribution in [2.45, 2.75) is 46.1 Å². The molecule has 3 unspecified atom stereocenters. The van der Waals surface area contributed by atoms with Crippen molar-refractivity contribution in [1.82, 2.24) is 10.2 Å². The second-order valence-corrected chi connectivity index (χ2v) is 6.24. The zero-order chi connectivity index (χ0) is 15.6. The molecule has 0 saturated carbocycles. The molecule has 5 heteroatoms. The molecule has 2 rings (SSSR count). The van der Waals surface area contributed by atoms with Gasteiger partial charge >= 0.3 is 0 Å². The number of rotatable bonds is 5. The van der Waals surface area contributed by atoms with Crippen LogP contribution in [0.2, 0.25) is 0 Å². The highest BCUT2D eigenvalue weighted by molar-refractivity contribution is 6.08. The lowest BCUT2D eigenvalue weighted by atomic mass is 9.85. The SMILES string of the molecule is CCNC(=O)C(CC(C)C)N1C(=O)C2CC=CCC2C1=O. The highest BCUT2D eigenvalue weighted by Crippen LogP contribution is 2.36. The Morgan fingerprint density at radius 3 is 2.19 bits per heavy atom. The van der Waals surface area contributed by atoms with E-state index in [1.54, 1.807) is 0 Å². The minimum atomic E-state index is -0.671. The lowest BCUT2D eigenvalue weighted by Crippen LogP contribution is -2.50. The summed E-state index contributed by atoms with van der Waals surface area (Å²) >= 11 is 0. The molecule has 1 N–H and O–H groups in total. The summed E-state index contributed by atoms with van der Waals surface area (Å²) in [6, 6.07) is -0.671. The molecule has 3 atom stereocenters. The average Bonchev–Trinajstić information content (AvgIpc) is 2.69. The number of allylic oxidation sites excluding steroid dienone is 2. The van der Waals surface area contributed by atoms with Crippen molar-refractivity contribution < 1.29 is 14.4 Å². The van der Waals surface area contributed by atoms with Crippen LogP contribution in [0.1, 0.15) is 40.0 Å². The molecule has 0 aromatic rings. The van der Waals surface area contributed by atoms with Gasteiger partial charge in [0.15, 0.2) is 0 Å². The summed E-state index contributed by atoms with van der Waals surface area (Å²) in [5.41, 5.74) is 0. The third-order valence-electron chi connectivity index (χ3n) is 4.20. The van der Waals surface area contributed by atoms with Crippen LogP contribution in [0.15, 0.2) is 12.2 Å². The molecule has 1 aliphatic heterocycles. The zero-order valence-electron chi connectivity index (χ0n) is 13.0. The Morgan fingerprint density at radius 2 is 1.76 bits per heavy atom. The van der Waals surface area contributed by atoms with Gasteiger partial charge in [-0.1, -0.05) is 26.0 Å². The fourth-order valence-electron chi connectivity index (χ4n) is 3.20. The third-order valence-corrected chi connectivity index (χ3v) is 4.20. The Labute approximate surface area is 125 Å². The first-order valence-corrected chi connectivity index (χ1v) is 7.77. The van der Waals surface area contributed by atoms with E-state index in [2.05, 4.69) is 5.32 Å². The van der Waals surface area contributed by atoms with Crippen molar-refractivity contribution in [3.8, 4) is 0 Å². The molecule has 2 aliphatic rings. The number of likely N-dealkylation sites (tertiary alicyclic amines) is 1. The molecule has 1 heterocycles. The van der Waals surface area contributed by atoms with Gasteiger partial charge in [-0.15, -0.1) is 0 Å². The quantitative estimate of drug-likeness (QED) is 0.616. The molecule has 1 fully saturated rings. The largest absolute Gasteiger partial charge is 0.355 e. The van der Waals surface area contributed by atoms with Crippen LogP contribution in [0.4, 0.5) is 0 Å². The van der Waals surface area contributed by atoms with Gasteiger partial charge in [0.05, 0.1) is 11.8 Å². The standard InChI is InChI=1S/C16H24N2O3/c1-4-17-14(19)13(9-10(2)3)18-15(20)11-7-5-6-8-12(11)16(18)21/h5-6,10-13H,4,7-9H2,1-3H3,(H,17,19). The maximum Gasteiger partial charge on any atom is 0.243 e. The number of hydrogen-bond acceptors (Lipinski definition) is 3. The molecule has 21 heavy (non-hydrogen) atoms. The van der Waals surface area contributed by atoms with Crippen molar-refractivity contribution in [3.63, 3.8) is 0 Å². The number of fused-ring (bicyclic) bond motifs is 1. The van der Waals surface area contributed by atoms with Crippen molar-refractivity contribution in [2.24, 2.45) is 17.8 Å². The summed E-state index contributed by atoms with van der Waals surface area (Å²) in [5, 5.41) is 2.75. The highest BCUT2D eigenvalue weighted by atomic mass is 16.2. The van der Waals surface area contributed by atoms with Crippen molar-refractivity contribution in [1.29, 1.82) is 0 Å². The predicted octanol–water partition coefficient (Wildman–Crippen LogP) is 1.49. The molecule has 0 spiro atoms.